The van der Waals surface area contributed by atoms with E-state index in [1.807, 2.05) is 30.3 Å². The van der Waals surface area contributed by atoms with Crippen LogP contribution in [-0.4, -0.2) is 36.1 Å². The Morgan fingerprint density at radius 1 is 1.03 bits per heavy atom. The molecule has 0 unspecified atom stereocenters. The van der Waals surface area contributed by atoms with E-state index in [2.05, 4.69) is 30.9 Å². The van der Waals surface area contributed by atoms with E-state index in [9.17, 15) is 4.39 Å². The van der Waals surface area contributed by atoms with Crippen LogP contribution in [-0.2, 0) is 18.5 Å². The van der Waals surface area contributed by atoms with Crippen molar-refractivity contribution in [2.75, 3.05) is 0 Å². The molecule has 36 heavy (non-hydrogen) atoms. The summed E-state index contributed by atoms with van der Waals surface area (Å²) in [6, 6.07) is 20.0. The summed E-state index contributed by atoms with van der Waals surface area (Å²) in [4.78, 5) is 5.51. The summed E-state index contributed by atoms with van der Waals surface area (Å²) in [5.41, 5.74) is 1.68. The Balaban J connectivity index is 1.36. The molecular formula is C24H17ClFN7O3. The molecule has 0 aliphatic carbocycles. The maximum Gasteiger partial charge on any atom is 0.257 e. The van der Waals surface area contributed by atoms with Gasteiger partial charge in [-0.1, -0.05) is 53.2 Å². The Bertz CT molecular complexity index is 1520. The first kappa shape index (κ1) is 23.1. The van der Waals surface area contributed by atoms with E-state index in [-0.39, 0.29) is 18.4 Å². The van der Waals surface area contributed by atoms with Crippen LogP contribution in [0.1, 0.15) is 17.3 Å². The third-order valence-corrected chi connectivity index (χ3v) is 5.12. The first-order chi connectivity index (χ1) is 17.6. The standard InChI is InChI=1S/C24H17ClFN7O3/c1-33-23(28-31-32-33)22(15-6-3-2-4-7-15)30-34-14-21-27-29-24(36-21)19-11-10-16(25)12-20(19)35-18-9-5-8-17(26)13-18/h2-13H,14H2,1H3/b30-22-. The van der Waals surface area contributed by atoms with E-state index < -0.39 is 5.82 Å². The zero-order valence-corrected chi connectivity index (χ0v) is 19.5. The molecule has 5 rings (SSSR count). The zero-order valence-electron chi connectivity index (χ0n) is 18.7. The second kappa shape index (κ2) is 10.3. The molecule has 0 saturated heterocycles. The highest BCUT2D eigenvalue weighted by Gasteiger charge is 2.17. The van der Waals surface area contributed by atoms with Gasteiger partial charge in [0.1, 0.15) is 17.3 Å². The molecular weight excluding hydrogens is 489 g/mol. The molecule has 0 radical (unpaired) electrons. The molecule has 12 heteroatoms. The topological polar surface area (TPSA) is 113 Å². The van der Waals surface area contributed by atoms with Crippen LogP contribution < -0.4 is 4.74 Å². The van der Waals surface area contributed by atoms with Gasteiger partial charge in [0, 0.05) is 29.8 Å². The quantitative estimate of drug-likeness (QED) is 0.218. The molecule has 0 saturated carbocycles. The van der Waals surface area contributed by atoms with Gasteiger partial charge >= 0.3 is 0 Å². The Morgan fingerprint density at radius 2 is 1.89 bits per heavy atom. The maximum absolute atomic E-state index is 13.6. The van der Waals surface area contributed by atoms with Crippen LogP contribution >= 0.6 is 11.6 Å². The van der Waals surface area contributed by atoms with Crippen LogP contribution in [0.25, 0.3) is 11.5 Å². The van der Waals surface area contributed by atoms with Crippen LogP contribution in [0.15, 0.2) is 82.4 Å². The maximum atomic E-state index is 13.6. The number of benzene rings is 3. The van der Waals surface area contributed by atoms with Gasteiger partial charge in [0.25, 0.3) is 11.8 Å². The lowest BCUT2D eigenvalue weighted by Gasteiger charge is -2.09. The normalized spacial score (nSPS) is 11.5. The van der Waals surface area contributed by atoms with Crippen molar-refractivity contribution in [1.29, 1.82) is 0 Å². The molecule has 10 nitrogen and oxygen atoms in total. The van der Waals surface area contributed by atoms with Crippen molar-refractivity contribution >= 4 is 17.3 Å². The van der Waals surface area contributed by atoms with Gasteiger partial charge < -0.3 is 14.0 Å². The van der Waals surface area contributed by atoms with Gasteiger partial charge in [-0.05, 0) is 34.7 Å². The minimum Gasteiger partial charge on any atom is -0.456 e. The predicted octanol–water partition coefficient (Wildman–Crippen LogP) is 4.81. The van der Waals surface area contributed by atoms with E-state index in [0.717, 1.165) is 5.56 Å². The fourth-order valence-electron chi connectivity index (χ4n) is 3.24. The van der Waals surface area contributed by atoms with E-state index >= 15 is 0 Å². The number of ether oxygens (including phenoxy) is 1. The molecule has 0 fully saturated rings. The lowest BCUT2D eigenvalue weighted by Crippen LogP contribution is -2.12. The van der Waals surface area contributed by atoms with Crippen LogP contribution in [0.5, 0.6) is 11.5 Å². The first-order valence-corrected chi connectivity index (χ1v) is 11.0. The molecule has 3 aromatic carbocycles. The second-order valence-electron chi connectivity index (χ2n) is 7.41. The van der Waals surface area contributed by atoms with Gasteiger partial charge in [0.05, 0.1) is 5.56 Å². The summed E-state index contributed by atoms with van der Waals surface area (Å²) in [6.45, 7) is -0.109. The highest BCUT2D eigenvalue weighted by Crippen LogP contribution is 2.35. The molecule has 0 bridgehead atoms. The molecule has 0 spiro atoms. The number of hydrogen-bond donors (Lipinski definition) is 0. The van der Waals surface area contributed by atoms with Crippen LogP contribution in [0.2, 0.25) is 5.02 Å². The SMILES string of the molecule is Cn1nnnc1/C(=N\OCc1nnc(-c2ccc(Cl)cc2Oc2cccc(F)c2)o1)c1ccccc1. The van der Waals surface area contributed by atoms with Crippen LogP contribution in [0.3, 0.4) is 0 Å². The monoisotopic (exact) mass is 505 g/mol. The fraction of sp³-hybridized carbons (Fsp3) is 0.0833. The van der Waals surface area contributed by atoms with E-state index in [1.54, 1.807) is 37.4 Å². The fourth-order valence-corrected chi connectivity index (χ4v) is 3.40. The third kappa shape index (κ3) is 5.20. The Hall–Kier alpha value is -4.64. The van der Waals surface area contributed by atoms with E-state index in [1.165, 1.54) is 16.8 Å². The summed E-state index contributed by atoms with van der Waals surface area (Å²) in [5.74, 6) is 0.949. The average molecular weight is 506 g/mol. The number of oxime groups is 1. The van der Waals surface area contributed by atoms with Gasteiger partial charge in [-0.2, -0.15) is 0 Å². The molecule has 180 valence electrons. The summed E-state index contributed by atoms with van der Waals surface area (Å²) in [7, 11) is 1.70. The minimum absolute atomic E-state index is 0.109. The first-order valence-electron chi connectivity index (χ1n) is 10.6. The average Bonchev–Trinajstić information content (AvgIpc) is 3.52. The summed E-state index contributed by atoms with van der Waals surface area (Å²) < 4.78 is 26.7. The molecule has 0 amide bonds. The number of nitrogens with zero attached hydrogens (tertiary/aromatic N) is 7. The van der Waals surface area contributed by atoms with E-state index in [4.69, 9.17) is 25.6 Å². The summed E-state index contributed by atoms with van der Waals surface area (Å²) in [5, 5.41) is 24.3. The van der Waals surface area contributed by atoms with Gasteiger partial charge in [-0.3, -0.25) is 0 Å². The largest absolute Gasteiger partial charge is 0.456 e. The van der Waals surface area contributed by atoms with Gasteiger partial charge in [-0.15, -0.1) is 15.3 Å². The number of hydrogen-bond acceptors (Lipinski definition) is 9. The van der Waals surface area contributed by atoms with Crippen molar-refractivity contribution < 1.29 is 18.4 Å². The van der Waals surface area contributed by atoms with Crippen molar-refractivity contribution in [3.63, 3.8) is 0 Å². The highest BCUT2D eigenvalue weighted by atomic mass is 35.5. The number of rotatable bonds is 8. The van der Waals surface area contributed by atoms with Gasteiger partial charge in [0.2, 0.25) is 5.82 Å². The number of aromatic nitrogens is 6. The van der Waals surface area contributed by atoms with Crippen molar-refractivity contribution in [3.8, 4) is 23.0 Å². The molecule has 2 aromatic heterocycles. The number of aryl methyl sites for hydroxylation is 1. The molecule has 5 aromatic rings. The molecule has 2 heterocycles. The van der Waals surface area contributed by atoms with Crippen LogP contribution in [0, 0.1) is 5.82 Å². The highest BCUT2D eigenvalue weighted by molar-refractivity contribution is 6.30. The van der Waals surface area contributed by atoms with E-state index in [0.29, 0.717) is 33.6 Å². The lowest BCUT2D eigenvalue weighted by molar-refractivity contribution is 0.111. The molecule has 0 N–H and O–H groups in total. The lowest BCUT2D eigenvalue weighted by atomic mass is 10.1. The third-order valence-electron chi connectivity index (χ3n) is 4.89. The Morgan fingerprint density at radius 3 is 2.67 bits per heavy atom. The predicted molar refractivity (Wildman–Crippen MR) is 127 cm³/mol. The molecule has 0 atom stereocenters. The summed E-state index contributed by atoms with van der Waals surface area (Å²) in [6.07, 6.45) is 0. The van der Waals surface area contributed by atoms with Crippen molar-refractivity contribution in [2.45, 2.75) is 6.61 Å². The van der Waals surface area contributed by atoms with Crippen LogP contribution in [0.4, 0.5) is 4.39 Å². The smallest absolute Gasteiger partial charge is 0.257 e. The van der Waals surface area contributed by atoms with Gasteiger partial charge in [0.15, 0.2) is 12.3 Å². The zero-order chi connectivity index (χ0) is 24.9. The second-order valence-corrected chi connectivity index (χ2v) is 7.84. The van der Waals surface area contributed by atoms with Crippen molar-refractivity contribution in [1.82, 2.24) is 30.4 Å². The minimum atomic E-state index is -0.430. The van der Waals surface area contributed by atoms with Crippen molar-refractivity contribution in [2.24, 2.45) is 12.2 Å². The molecule has 0 aliphatic rings. The molecule has 0 aliphatic heterocycles. The summed E-state index contributed by atoms with van der Waals surface area (Å²) >= 11 is 6.14. The number of halogens is 2. The van der Waals surface area contributed by atoms with Gasteiger partial charge in [-0.25, -0.2) is 9.07 Å². The Labute approximate surface area is 208 Å². The number of tetrazole rings is 1. The Kier molecular flexibility index (Phi) is 6.63. The van der Waals surface area contributed by atoms with Crippen molar-refractivity contribution in [3.05, 3.63) is 101 Å².